The first-order valence-electron chi connectivity index (χ1n) is 24.2. The quantitative estimate of drug-likeness (QED) is 0.167. The van der Waals surface area contributed by atoms with E-state index in [1.807, 2.05) is 0 Å². The van der Waals surface area contributed by atoms with Gasteiger partial charge in [-0.05, 0) is 121 Å². The normalized spacial score (nSPS) is 20.1. The van der Waals surface area contributed by atoms with Crippen LogP contribution in [0.4, 0.5) is 0 Å². The SMILES string of the molecule is c1ccc(-n2c3ccccc3c3ccccc32)c(-c2cc(C34CC5CC(CC(C5)C3)C4)ccc2-c2cc(-n3c4ccccc4c4ccccc43)nc(-n3c4ccccc4c4ccccc43)n2)c1. The predicted octanol–water partition coefficient (Wildman–Crippen LogP) is 15.6. The minimum absolute atomic E-state index is 0.206. The second kappa shape index (κ2) is 14.1. The molecule has 4 aliphatic carbocycles. The van der Waals surface area contributed by atoms with E-state index < -0.39 is 0 Å². The zero-order chi connectivity index (χ0) is 43.8. The van der Waals surface area contributed by atoms with Gasteiger partial charge in [0.2, 0.25) is 5.95 Å². The Morgan fingerprint density at radius 1 is 0.358 bits per heavy atom. The Morgan fingerprint density at radius 2 is 0.776 bits per heavy atom. The van der Waals surface area contributed by atoms with Gasteiger partial charge in [0.25, 0.3) is 0 Å². The monoisotopic (exact) mass is 861 g/mol. The van der Waals surface area contributed by atoms with Crippen molar-refractivity contribution < 1.29 is 0 Å². The van der Waals surface area contributed by atoms with Gasteiger partial charge in [0.15, 0.2) is 0 Å². The van der Waals surface area contributed by atoms with Crippen molar-refractivity contribution in [3.8, 4) is 39.8 Å². The fraction of sp³-hybridized carbons (Fsp3) is 0.161. The number of nitrogens with zero attached hydrogens (tertiary/aromatic N) is 5. The minimum atomic E-state index is 0.206. The topological polar surface area (TPSA) is 40.6 Å². The fourth-order valence-electron chi connectivity index (χ4n) is 13.9. The molecule has 0 aliphatic heterocycles. The maximum Gasteiger partial charge on any atom is 0.237 e. The second-order valence-electron chi connectivity index (χ2n) is 20.0. The molecule has 0 atom stereocenters. The highest BCUT2D eigenvalue weighted by molar-refractivity contribution is 6.11. The fourth-order valence-corrected chi connectivity index (χ4v) is 13.9. The zero-order valence-electron chi connectivity index (χ0n) is 37.2. The van der Waals surface area contributed by atoms with Gasteiger partial charge in [0, 0.05) is 49.5 Å². The summed E-state index contributed by atoms with van der Waals surface area (Å²) in [5, 5.41) is 7.31. The van der Waals surface area contributed by atoms with E-state index >= 15 is 0 Å². The molecule has 4 heterocycles. The molecule has 0 N–H and O–H groups in total. The number of para-hydroxylation sites is 7. The maximum absolute atomic E-state index is 5.75. The van der Waals surface area contributed by atoms with Crippen LogP contribution in [0.1, 0.15) is 44.1 Å². The number of hydrogen-bond acceptors (Lipinski definition) is 2. The first-order valence-corrected chi connectivity index (χ1v) is 24.2. The first-order chi connectivity index (χ1) is 33.2. The van der Waals surface area contributed by atoms with Crippen LogP contribution < -0.4 is 0 Å². The van der Waals surface area contributed by atoms with Crippen LogP contribution in [0.5, 0.6) is 0 Å². The molecule has 5 nitrogen and oxygen atoms in total. The smallest absolute Gasteiger partial charge is 0.237 e. The molecule has 0 spiro atoms. The summed E-state index contributed by atoms with van der Waals surface area (Å²) in [6, 6.07) is 71.5. The molecule has 4 aliphatic rings. The number of rotatable bonds is 6. The van der Waals surface area contributed by atoms with Gasteiger partial charge >= 0.3 is 0 Å². The molecule has 4 bridgehead atoms. The van der Waals surface area contributed by atoms with Gasteiger partial charge in [-0.25, -0.2) is 4.98 Å². The summed E-state index contributed by atoms with van der Waals surface area (Å²) < 4.78 is 7.12. The molecule has 8 aromatic carbocycles. The van der Waals surface area contributed by atoms with Gasteiger partial charge in [-0.1, -0.05) is 140 Å². The molecular formula is C62H47N5. The Balaban J connectivity index is 1.04. The first kappa shape index (κ1) is 37.5. The van der Waals surface area contributed by atoms with Crippen LogP contribution in [0.15, 0.2) is 194 Å². The molecule has 67 heavy (non-hydrogen) atoms. The van der Waals surface area contributed by atoms with Crippen LogP contribution >= 0.6 is 0 Å². The highest BCUT2D eigenvalue weighted by Gasteiger charge is 2.51. The lowest BCUT2D eigenvalue weighted by atomic mass is 9.48. The zero-order valence-corrected chi connectivity index (χ0v) is 37.2. The number of benzene rings is 8. The van der Waals surface area contributed by atoms with E-state index in [-0.39, 0.29) is 5.41 Å². The van der Waals surface area contributed by atoms with E-state index in [0.29, 0.717) is 5.95 Å². The average molecular weight is 862 g/mol. The van der Waals surface area contributed by atoms with Crippen molar-refractivity contribution in [1.82, 2.24) is 23.7 Å². The van der Waals surface area contributed by atoms with Crippen LogP contribution in [0.25, 0.3) is 105 Å². The van der Waals surface area contributed by atoms with Crippen molar-refractivity contribution in [2.75, 3.05) is 0 Å². The van der Waals surface area contributed by atoms with Crippen molar-refractivity contribution in [1.29, 1.82) is 0 Å². The van der Waals surface area contributed by atoms with E-state index in [1.165, 1.54) is 104 Å². The Labute approximate surface area is 388 Å². The molecule has 5 heteroatoms. The molecule has 4 saturated carbocycles. The van der Waals surface area contributed by atoms with E-state index in [2.05, 4.69) is 208 Å². The lowest BCUT2D eigenvalue weighted by Crippen LogP contribution is -2.48. The summed E-state index contributed by atoms with van der Waals surface area (Å²) in [6.07, 6.45) is 8.15. The summed E-state index contributed by atoms with van der Waals surface area (Å²) in [4.78, 5) is 11.4. The third-order valence-corrected chi connectivity index (χ3v) is 16.3. The van der Waals surface area contributed by atoms with Gasteiger partial charge in [-0.15, -0.1) is 0 Å². The second-order valence-corrected chi connectivity index (χ2v) is 20.0. The Bertz CT molecular complexity index is 3660. The third kappa shape index (κ3) is 5.49. The molecule has 0 amide bonds. The Kier molecular flexibility index (Phi) is 7.90. The van der Waals surface area contributed by atoms with Gasteiger partial charge in [-0.3, -0.25) is 9.13 Å². The van der Waals surface area contributed by atoms with Gasteiger partial charge in [0.05, 0.1) is 44.5 Å². The summed E-state index contributed by atoms with van der Waals surface area (Å²) >= 11 is 0. The summed E-state index contributed by atoms with van der Waals surface area (Å²) in [6.45, 7) is 0. The lowest BCUT2D eigenvalue weighted by molar-refractivity contribution is -0.00516. The minimum Gasteiger partial charge on any atom is -0.309 e. The Hall–Kier alpha value is -7.76. The lowest BCUT2D eigenvalue weighted by Gasteiger charge is -2.57. The summed E-state index contributed by atoms with van der Waals surface area (Å²) in [5.41, 5.74) is 14.1. The summed E-state index contributed by atoms with van der Waals surface area (Å²) in [5.74, 6) is 4.00. The average Bonchev–Trinajstić information content (AvgIpc) is 4.02. The molecule has 0 unspecified atom stereocenters. The van der Waals surface area contributed by atoms with Crippen LogP contribution in [0.3, 0.4) is 0 Å². The standard InChI is InChI=1S/C62H47N5/c1-8-22-53-44(15-1)45-16-2-9-23-54(45)65(53)55-24-10-7-21-50(55)51-34-42(62-36-39-31-40(37-62)33-41(32-39)38-62)29-30-43(51)52-35-60(66-56-25-11-3-17-46(56)47-18-4-12-26-57(47)66)64-61(63-52)67-58-27-13-5-19-48(58)49-20-6-14-28-59(49)67/h1-30,34-35,39-41H,31-33,36-38H2. The summed E-state index contributed by atoms with van der Waals surface area (Å²) in [7, 11) is 0. The highest BCUT2D eigenvalue weighted by Crippen LogP contribution is 2.61. The molecule has 4 fully saturated rings. The van der Waals surface area contributed by atoms with Crippen molar-refractivity contribution in [2.24, 2.45) is 17.8 Å². The van der Waals surface area contributed by atoms with E-state index in [9.17, 15) is 0 Å². The molecule has 16 rings (SSSR count). The van der Waals surface area contributed by atoms with Crippen molar-refractivity contribution in [3.63, 3.8) is 0 Å². The van der Waals surface area contributed by atoms with Crippen LogP contribution in [-0.4, -0.2) is 23.7 Å². The third-order valence-electron chi connectivity index (χ3n) is 16.3. The number of aromatic nitrogens is 5. The molecule has 12 aromatic rings. The van der Waals surface area contributed by atoms with E-state index in [4.69, 9.17) is 9.97 Å². The predicted molar refractivity (Wildman–Crippen MR) is 276 cm³/mol. The molecule has 0 radical (unpaired) electrons. The molecule has 4 aromatic heterocycles. The van der Waals surface area contributed by atoms with Crippen molar-refractivity contribution >= 4 is 65.4 Å². The maximum atomic E-state index is 5.75. The number of fused-ring (bicyclic) bond motifs is 9. The van der Waals surface area contributed by atoms with Crippen LogP contribution in [0, 0.1) is 17.8 Å². The Morgan fingerprint density at radius 3 is 1.27 bits per heavy atom. The van der Waals surface area contributed by atoms with E-state index in [0.717, 1.165) is 56.9 Å². The van der Waals surface area contributed by atoms with Crippen LogP contribution in [0.2, 0.25) is 0 Å². The number of hydrogen-bond donors (Lipinski definition) is 0. The molecular weight excluding hydrogens is 815 g/mol. The van der Waals surface area contributed by atoms with Gasteiger partial charge in [-0.2, -0.15) is 4.98 Å². The largest absolute Gasteiger partial charge is 0.309 e. The van der Waals surface area contributed by atoms with Gasteiger partial charge in [0.1, 0.15) is 5.82 Å². The molecule has 320 valence electrons. The highest BCUT2D eigenvalue weighted by atomic mass is 15.2. The van der Waals surface area contributed by atoms with E-state index in [1.54, 1.807) is 0 Å². The van der Waals surface area contributed by atoms with Crippen LogP contribution in [-0.2, 0) is 5.41 Å². The molecule has 0 saturated heterocycles. The van der Waals surface area contributed by atoms with Gasteiger partial charge < -0.3 is 4.57 Å². The van der Waals surface area contributed by atoms with Crippen molar-refractivity contribution in [3.05, 3.63) is 200 Å². The van der Waals surface area contributed by atoms with Crippen molar-refractivity contribution in [2.45, 2.75) is 43.9 Å².